The fourth-order valence-electron chi connectivity index (χ4n) is 10.0. The molecule has 0 aromatic heterocycles. The molecule has 35 heavy (non-hydrogen) atoms. The van der Waals surface area contributed by atoms with Gasteiger partial charge in [0.05, 0.1) is 18.1 Å². The Morgan fingerprint density at radius 2 is 1.97 bits per heavy atom. The van der Waals surface area contributed by atoms with Gasteiger partial charge in [0.1, 0.15) is 17.8 Å². The first-order valence-electron chi connectivity index (χ1n) is 13.7. The van der Waals surface area contributed by atoms with Crippen LogP contribution in [0.4, 0.5) is 0 Å². The number of epoxide rings is 1. The van der Waals surface area contributed by atoms with E-state index in [0.29, 0.717) is 17.8 Å². The van der Waals surface area contributed by atoms with Gasteiger partial charge < -0.3 is 19.7 Å². The van der Waals surface area contributed by atoms with Crippen molar-refractivity contribution in [1.29, 1.82) is 0 Å². The van der Waals surface area contributed by atoms with Crippen molar-refractivity contribution in [3.63, 3.8) is 0 Å². The van der Waals surface area contributed by atoms with Crippen LogP contribution in [0.15, 0.2) is 23.3 Å². The molecule has 6 rings (SSSR count). The van der Waals surface area contributed by atoms with E-state index in [1.54, 1.807) is 6.08 Å². The van der Waals surface area contributed by atoms with Crippen molar-refractivity contribution < 1.29 is 29.3 Å². The van der Waals surface area contributed by atoms with Gasteiger partial charge >= 0.3 is 5.97 Å². The Morgan fingerprint density at radius 1 is 1.20 bits per heavy atom. The number of ether oxygens (including phenoxy) is 2. The Balaban J connectivity index is 1.29. The molecule has 3 saturated carbocycles. The Labute approximate surface area is 208 Å². The minimum absolute atomic E-state index is 0.0234. The number of carbonyl (C=O) groups excluding carboxylic acids is 2. The maximum Gasteiger partial charge on any atom is 0.334 e. The van der Waals surface area contributed by atoms with E-state index >= 15 is 0 Å². The van der Waals surface area contributed by atoms with Gasteiger partial charge in [-0.1, -0.05) is 26.3 Å². The number of allylic oxidation sites excluding steroid dienone is 1. The van der Waals surface area contributed by atoms with Crippen molar-refractivity contribution in [2.75, 3.05) is 6.61 Å². The molecule has 6 aliphatic rings. The standard InChI is InChI=1S/C29H40O6/c1-5-17-15(2)12-22(34-26(17)33)16(3)19-6-7-20-18-13-25-29(35-25)24(32)9-8-23(31)28(29,14-30)21(18)10-11-27(19,20)4/h8-9,16,18-22,24-25,30,32H,5-7,10-14H2,1-4H3/t16-,18-,19?,20-,21-,22+,24-,25+,27+,28-,29+/m0/s1. The Hall–Kier alpha value is -1.50. The molecule has 2 heterocycles. The van der Waals surface area contributed by atoms with Crippen molar-refractivity contribution in [3.05, 3.63) is 23.3 Å². The third-order valence-electron chi connectivity index (χ3n) is 11.7. The summed E-state index contributed by atoms with van der Waals surface area (Å²) in [5, 5.41) is 21.6. The first kappa shape index (κ1) is 23.9. The van der Waals surface area contributed by atoms with Crippen LogP contribution in [-0.2, 0) is 19.1 Å². The predicted octanol–water partition coefficient (Wildman–Crippen LogP) is 3.74. The van der Waals surface area contributed by atoms with Crippen molar-refractivity contribution in [3.8, 4) is 0 Å². The van der Waals surface area contributed by atoms with E-state index in [0.717, 1.165) is 50.5 Å². The highest BCUT2D eigenvalue weighted by Gasteiger charge is 2.81. The van der Waals surface area contributed by atoms with Gasteiger partial charge in [0, 0.05) is 12.0 Å². The van der Waals surface area contributed by atoms with Gasteiger partial charge in [-0.15, -0.1) is 0 Å². The fourth-order valence-corrected chi connectivity index (χ4v) is 10.0. The molecule has 6 heteroatoms. The summed E-state index contributed by atoms with van der Waals surface area (Å²) in [6.45, 7) is 8.51. The molecular formula is C29H40O6. The zero-order chi connectivity index (χ0) is 24.9. The second-order valence-electron chi connectivity index (χ2n) is 12.7. The second-order valence-corrected chi connectivity index (χ2v) is 12.7. The number of rotatable bonds is 4. The van der Waals surface area contributed by atoms with E-state index in [1.807, 2.05) is 6.92 Å². The highest BCUT2D eigenvalue weighted by Crippen LogP contribution is 2.73. The van der Waals surface area contributed by atoms with Gasteiger partial charge in [-0.2, -0.15) is 0 Å². The average Bonchev–Trinajstić information content (AvgIpc) is 3.46. The fraction of sp³-hybridized carbons (Fsp3) is 0.793. The van der Waals surface area contributed by atoms with Crippen LogP contribution in [0.3, 0.4) is 0 Å². The smallest absolute Gasteiger partial charge is 0.334 e. The van der Waals surface area contributed by atoms with E-state index in [4.69, 9.17) is 9.47 Å². The molecule has 2 N–H and O–H groups in total. The summed E-state index contributed by atoms with van der Waals surface area (Å²) in [6, 6.07) is 0. The molecule has 2 aliphatic heterocycles. The van der Waals surface area contributed by atoms with Gasteiger partial charge in [0.2, 0.25) is 0 Å². The van der Waals surface area contributed by atoms with Crippen LogP contribution in [-0.4, -0.2) is 52.5 Å². The van der Waals surface area contributed by atoms with Crippen LogP contribution < -0.4 is 0 Å². The molecule has 192 valence electrons. The summed E-state index contributed by atoms with van der Waals surface area (Å²) in [7, 11) is 0. The number of hydrogen-bond donors (Lipinski definition) is 2. The van der Waals surface area contributed by atoms with Crippen LogP contribution >= 0.6 is 0 Å². The summed E-state index contributed by atoms with van der Waals surface area (Å²) in [6.07, 6.45) is 8.39. The minimum atomic E-state index is -1.03. The quantitative estimate of drug-likeness (QED) is 0.466. The molecule has 1 spiro atoms. The molecule has 0 radical (unpaired) electrons. The largest absolute Gasteiger partial charge is 0.458 e. The number of ketones is 1. The SMILES string of the molecule is CCC1=C(C)C[C@H]([C@@H](C)C2CC[C@H]3[C@@H]4C[C@H]5O[C@]56[C@@H](O)C=CC(=O)[C@]6(CO)[C@H]4CC[C@]23C)OC1=O. The highest BCUT2D eigenvalue weighted by atomic mass is 16.6. The van der Waals surface area contributed by atoms with E-state index in [-0.39, 0.29) is 47.8 Å². The number of fused-ring (bicyclic) bond motifs is 4. The van der Waals surface area contributed by atoms with E-state index in [2.05, 4.69) is 20.8 Å². The lowest BCUT2D eigenvalue weighted by atomic mass is 9.44. The van der Waals surface area contributed by atoms with Crippen LogP contribution in [0, 0.1) is 40.4 Å². The summed E-state index contributed by atoms with van der Waals surface area (Å²) < 4.78 is 12.2. The Kier molecular flexibility index (Phi) is 5.29. The topological polar surface area (TPSA) is 96.4 Å². The molecule has 0 bridgehead atoms. The second kappa shape index (κ2) is 7.75. The molecule has 0 amide bonds. The van der Waals surface area contributed by atoms with Gasteiger partial charge in [-0.25, -0.2) is 4.79 Å². The molecular weight excluding hydrogens is 444 g/mol. The molecule has 4 aliphatic carbocycles. The highest BCUT2D eigenvalue weighted by molar-refractivity contribution is 5.98. The van der Waals surface area contributed by atoms with Crippen LogP contribution in [0.1, 0.15) is 72.6 Å². The number of aliphatic hydroxyl groups is 2. The van der Waals surface area contributed by atoms with Gasteiger partial charge in [-0.05, 0) is 92.6 Å². The van der Waals surface area contributed by atoms with Crippen molar-refractivity contribution in [1.82, 2.24) is 0 Å². The van der Waals surface area contributed by atoms with Crippen molar-refractivity contribution >= 4 is 11.8 Å². The zero-order valence-electron chi connectivity index (χ0n) is 21.5. The normalized spacial score (nSPS) is 51.2. The Morgan fingerprint density at radius 3 is 2.66 bits per heavy atom. The Bertz CT molecular complexity index is 1010. The molecule has 1 unspecified atom stereocenters. The number of carbonyl (C=O) groups is 2. The molecule has 4 fully saturated rings. The van der Waals surface area contributed by atoms with Crippen molar-refractivity contribution in [2.24, 2.45) is 40.4 Å². The number of esters is 1. The van der Waals surface area contributed by atoms with Gasteiger partial charge in [0.25, 0.3) is 0 Å². The molecule has 1 saturated heterocycles. The van der Waals surface area contributed by atoms with Crippen LogP contribution in [0.2, 0.25) is 0 Å². The number of hydrogen-bond acceptors (Lipinski definition) is 6. The van der Waals surface area contributed by atoms with E-state index in [1.165, 1.54) is 11.6 Å². The lowest BCUT2D eigenvalue weighted by molar-refractivity contribution is -0.164. The number of aliphatic hydroxyl groups excluding tert-OH is 2. The third kappa shape index (κ3) is 2.82. The average molecular weight is 485 g/mol. The maximum atomic E-state index is 13.4. The summed E-state index contributed by atoms with van der Waals surface area (Å²) in [5.41, 5.74) is 0.142. The van der Waals surface area contributed by atoms with E-state index in [9.17, 15) is 19.8 Å². The first-order valence-corrected chi connectivity index (χ1v) is 13.7. The summed E-state index contributed by atoms with van der Waals surface area (Å²) in [4.78, 5) is 26.0. The van der Waals surface area contributed by atoms with Crippen LogP contribution in [0.5, 0.6) is 0 Å². The van der Waals surface area contributed by atoms with Crippen LogP contribution in [0.25, 0.3) is 0 Å². The third-order valence-corrected chi connectivity index (χ3v) is 11.7. The zero-order valence-corrected chi connectivity index (χ0v) is 21.5. The monoisotopic (exact) mass is 484 g/mol. The molecule has 0 aromatic rings. The molecule has 0 aromatic carbocycles. The van der Waals surface area contributed by atoms with Crippen molar-refractivity contribution in [2.45, 2.75) is 96.6 Å². The minimum Gasteiger partial charge on any atom is -0.458 e. The maximum absolute atomic E-state index is 13.4. The van der Waals surface area contributed by atoms with Gasteiger partial charge in [-0.3, -0.25) is 4.79 Å². The number of cyclic esters (lactones) is 1. The van der Waals surface area contributed by atoms with E-state index < -0.39 is 17.1 Å². The lowest BCUT2D eigenvalue weighted by Gasteiger charge is -2.58. The van der Waals surface area contributed by atoms with Gasteiger partial charge in [0.15, 0.2) is 5.78 Å². The first-order chi connectivity index (χ1) is 16.7. The molecule has 6 nitrogen and oxygen atoms in total. The summed E-state index contributed by atoms with van der Waals surface area (Å²) >= 11 is 0. The summed E-state index contributed by atoms with van der Waals surface area (Å²) in [5.74, 6) is 1.27. The molecule has 11 atom stereocenters. The lowest BCUT2D eigenvalue weighted by Crippen LogP contribution is -2.66. The predicted molar refractivity (Wildman–Crippen MR) is 129 cm³/mol.